The van der Waals surface area contributed by atoms with Gasteiger partial charge in [0, 0.05) is 33.8 Å². The van der Waals surface area contributed by atoms with E-state index >= 15 is 0 Å². The van der Waals surface area contributed by atoms with Gasteiger partial charge in [-0.05, 0) is 114 Å². The van der Waals surface area contributed by atoms with E-state index in [-0.39, 0.29) is 0 Å². The summed E-state index contributed by atoms with van der Waals surface area (Å²) in [5, 5.41) is 2.43. The highest BCUT2D eigenvalue weighted by molar-refractivity contribution is 6.02. The molecule has 2 nitrogen and oxygen atoms in total. The summed E-state index contributed by atoms with van der Waals surface area (Å²) >= 11 is 0. The second-order valence-corrected chi connectivity index (χ2v) is 11.4. The molecule has 0 aliphatic heterocycles. The molecule has 0 aliphatic carbocycles. The van der Waals surface area contributed by atoms with Crippen molar-refractivity contribution >= 4 is 44.9 Å². The summed E-state index contributed by atoms with van der Waals surface area (Å²) in [5.41, 5.74) is 12.3. The van der Waals surface area contributed by atoms with Crippen molar-refractivity contribution in [1.29, 1.82) is 0 Å². The van der Waals surface area contributed by atoms with E-state index in [1.807, 2.05) is 0 Å². The first-order chi connectivity index (χ1) is 21.6. The Bertz CT molecular complexity index is 1720. The summed E-state index contributed by atoms with van der Waals surface area (Å²) in [5.74, 6) is 0. The lowest BCUT2D eigenvalue weighted by Gasteiger charge is -2.31. The maximum absolute atomic E-state index is 2.42. The van der Waals surface area contributed by atoms with Crippen molar-refractivity contribution < 1.29 is 0 Å². The van der Waals surface area contributed by atoms with Gasteiger partial charge in [-0.15, -0.1) is 0 Å². The zero-order valence-electron chi connectivity index (χ0n) is 26.4. The van der Waals surface area contributed by atoms with Crippen LogP contribution >= 0.6 is 0 Å². The van der Waals surface area contributed by atoms with Crippen molar-refractivity contribution in [2.45, 2.75) is 53.4 Å². The molecule has 2 heteroatoms. The number of rotatable bonds is 10. The molecule has 0 spiro atoms. The van der Waals surface area contributed by atoms with Crippen LogP contribution in [0.5, 0.6) is 0 Å². The van der Waals surface area contributed by atoms with Gasteiger partial charge < -0.3 is 9.80 Å². The third-order valence-corrected chi connectivity index (χ3v) is 8.73. The second-order valence-electron chi connectivity index (χ2n) is 11.4. The van der Waals surface area contributed by atoms with Gasteiger partial charge in [0.2, 0.25) is 0 Å². The van der Waals surface area contributed by atoms with E-state index in [0.29, 0.717) is 0 Å². The van der Waals surface area contributed by atoms with Gasteiger partial charge >= 0.3 is 0 Å². The maximum atomic E-state index is 2.42. The molecule has 0 radical (unpaired) electrons. The number of nitrogens with zero attached hydrogens (tertiary/aromatic N) is 2. The van der Waals surface area contributed by atoms with E-state index in [2.05, 4.69) is 171 Å². The molecular weight excluding hydrogens is 532 g/mol. The molecule has 220 valence electrons. The van der Waals surface area contributed by atoms with Crippen LogP contribution in [0, 0.1) is 0 Å². The summed E-state index contributed by atoms with van der Waals surface area (Å²) in [6.45, 7) is 8.84. The van der Waals surface area contributed by atoms with Gasteiger partial charge in [-0.3, -0.25) is 0 Å². The highest BCUT2D eigenvalue weighted by Gasteiger charge is 2.20. The van der Waals surface area contributed by atoms with Crippen LogP contribution in [0.2, 0.25) is 0 Å². The summed E-state index contributed by atoms with van der Waals surface area (Å²) in [4.78, 5) is 4.82. The fourth-order valence-corrected chi connectivity index (χ4v) is 5.99. The molecule has 0 amide bonds. The van der Waals surface area contributed by atoms with Crippen molar-refractivity contribution in [1.82, 2.24) is 0 Å². The van der Waals surface area contributed by atoms with Gasteiger partial charge in [0.15, 0.2) is 0 Å². The van der Waals surface area contributed by atoms with Gasteiger partial charge in [0.25, 0.3) is 0 Å². The lowest BCUT2D eigenvalue weighted by atomic mass is 10.0. The Morgan fingerprint density at radius 1 is 0.364 bits per heavy atom. The number of fused-ring (bicyclic) bond motifs is 1. The molecule has 0 aliphatic rings. The predicted molar refractivity (Wildman–Crippen MR) is 191 cm³/mol. The third-order valence-electron chi connectivity index (χ3n) is 8.73. The van der Waals surface area contributed by atoms with E-state index in [1.165, 1.54) is 33.0 Å². The van der Waals surface area contributed by atoms with Crippen LogP contribution in [-0.2, 0) is 25.7 Å². The van der Waals surface area contributed by atoms with E-state index in [9.17, 15) is 0 Å². The average molecular weight is 575 g/mol. The van der Waals surface area contributed by atoms with Crippen molar-refractivity contribution in [3.63, 3.8) is 0 Å². The van der Waals surface area contributed by atoms with Crippen LogP contribution in [0.15, 0.2) is 133 Å². The monoisotopic (exact) mass is 574 g/mol. The van der Waals surface area contributed by atoms with Crippen molar-refractivity contribution in [2.24, 2.45) is 0 Å². The standard InChI is InChI=1S/C42H42N2/c1-5-31-13-21-36(22-14-31)43(37-23-15-32(6-2)16-24-37)40-29-35-11-9-10-12-41(35)42(30-40)44(38-25-17-33(7-3)18-26-38)39-27-19-34(8-4)20-28-39/h9-30H,5-8H2,1-4H3. The Morgan fingerprint density at radius 3 is 1.11 bits per heavy atom. The Balaban J connectivity index is 1.60. The SMILES string of the molecule is CCc1ccc(N(c2ccc(CC)cc2)c2cc(N(c3ccc(CC)cc3)c3ccc(CC)cc3)c3ccccc3c2)cc1. The third kappa shape index (κ3) is 5.98. The fraction of sp³-hybridized carbons (Fsp3) is 0.190. The van der Waals surface area contributed by atoms with Gasteiger partial charge in [-0.25, -0.2) is 0 Å². The quantitative estimate of drug-likeness (QED) is 0.161. The van der Waals surface area contributed by atoms with Crippen molar-refractivity contribution in [3.8, 4) is 0 Å². The van der Waals surface area contributed by atoms with Gasteiger partial charge in [0.1, 0.15) is 0 Å². The van der Waals surface area contributed by atoms with E-state index in [0.717, 1.165) is 59.8 Å². The van der Waals surface area contributed by atoms with Crippen LogP contribution < -0.4 is 9.80 Å². The lowest BCUT2D eigenvalue weighted by molar-refractivity contribution is 1.13. The molecule has 0 atom stereocenters. The van der Waals surface area contributed by atoms with Crippen LogP contribution in [0.1, 0.15) is 49.9 Å². The predicted octanol–water partition coefficient (Wildman–Crippen LogP) is 12.0. The van der Waals surface area contributed by atoms with Crippen LogP contribution in [0.3, 0.4) is 0 Å². The molecule has 0 saturated heterocycles. The average Bonchev–Trinajstić information content (AvgIpc) is 3.09. The highest BCUT2D eigenvalue weighted by atomic mass is 15.2. The van der Waals surface area contributed by atoms with E-state index < -0.39 is 0 Å². The van der Waals surface area contributed by atoms with E-state index in [1.54, 1.807) is 0 Å². The fourth-order valence-electron chi connectivity index (χ4n) is 5.99. The zero-order chi connectivity index (χ0) is 30.5. The number of hydrogen-bond donors (Lipinski definition) is 0. The molecule has 6 rings (SSSR count). The Hall–Kier alpha value is -4.82. The second kappa shape index (κ2) is 13.2. The first-order valence-electron chi connectivity index (χ1n) is 16.1. The molecule has 0 aromatic heterocycles. The molecule has 0 heterocycles. The van der Waals surface area contributed by atoms with Crippen molar-refractivity contribution in [3.05, 3.63) is 156 Å². The largest absolute Gasteiger partial charge is 0.310 e. The first kappa shape index (κ1) is 29.3. The summed E-state index contributed by atoms with van der Waals surface area (Å²) < 4.78 is 0. The van der Waals surface area contributed by atoms with E-state index in [4.69, 9.17) is 0 Å². The van der Waals surface area contributed by atoms with Gasteiger partial charge in [0.05, 0.1) is 5.69 Å². The molecule has 0 bridgehead atoms. The number of anilines is 6. The molecule has 0 N–H and O–H groups in total. The molecule has 6 aromatic rings. The minimum atomic E-state index is 1.02. The molecule has 0 unspecified atom stereocenters. The molecule has 6 aromatic carbocycles. The Labute approximate surface area is 263 Å². The van der Waals surface area contributed by atoms with Crippen molar-refractivity contribution in [2.75, 3.05) is 9.80 Å². The number of benzene rings is 6. The van der Waals surface area contributed by atoms with Gasteiger partial charge in [-0.2, -0.15) is 0 Å². The lowest BCUT2D eigenvalue weighted by Crippen LogP contribution is -2.14. The minimum Gasteiger partial charge on any atom is -0.310 e. The molecule has 0 saturated carbocycles. The van der Waals surface area contributed by atoms with Gasteiger partial charge in [-0.1, -0.05) is 100 Å². The first-order valence-corrected chi connectivity index (χ1v) is 16.1. The smallest absolute Gasteiger partial charge is 0.0560 e. The summed E-state index contributed by atoms with van der Waals surface area (Å²) in [6.07, 6.45) is 4.08. The minimum absolute atomic E-state index is 1.02. The molecule has 44 heavy (non-hydrogen) atoms. The van der Waals surface area contributed by atoms with Crippen LogP contribution in [0.25, 0.3) is 10.8 Å². The topological polar surface area (TPSA) is 6.48 Å². The normalized spacial score (nSPS) is 11.1. The summed E-state index contributed by atoms with van der Waals surface area (Å²) in [7, 11) is 0. The maximum Gasteiger partial charge on any atom is 0.0560 e. The van der Waals surface area contributed by atoms with Crippen LogP contribution in [0.4, 0.5) is 34.1 Å². The van der Waals surface area contributed by atoms with Crippen LogP contribution in [-0.4, -0.2) is 0 Å². The molecule has 0 fully saturated rings. The number of hydrogen-bond acceptors (Lipinski definition) is 2. The zero-order valence-corrected chi connectivity index (χ0v) is 26.4. The number of aryl methyl sites for hydroxylation is 4. The highest BCUT2D eigenvalue weighted by Crippen LogP contribution is 2.44. The Morgan fingerprint density at radius 2 is 0.727 bits per heavy atom. The Kier molecular flexibility index (Phi) is 8.79. The summed E-state index contributed by atoms with van der Waals surface area (Å²) in [6, 6.07) is 49.6. The molecular formula is C42H42N2.